The van der Waals surface area contributed by atoms with Crippen molar-refractivity contribution in [3.63, 3.8) is 0 Å². The van der Waals surface area contributed by atoms with E-state index in [1.54, 1.807) is 6.92 Å². The zero-order chi connectivity index (χ0) is 12.9. The van der Waals surface area contributed by atoms with Crippen molar-refractivity contribution in [2.75, 3.05) is 24.7 Å². The highest BCUT2D eigenvalue weighted by Crippen LogP contribution is 2.12. The number of halogens is 1. The van der Waals surface area contributed by atoms with Gasteiger partial charge in [0, 0.05) is 13.1 Å². The van der Waals surface area contributed by atoms with Crippen LogP contribution in [0.25, 0.3) is 0 Å². The monoisotopic (exact) mass is 262 g/mol. The van der Waals surface area contributed by atoms with E-state index in [-0.39, 0.29) is 18.9 Å². The molecule has 0 saturated heterocycles. The molecule has 0 radical (unpaired) electrons. The second-order valence-electron chi connectivity index (χ2n) is 3.43. The summed E-state index contributed by atoms with van der Waals surface area (Å²) in [5, 5.41) is 2.71. The summed E-state index contributed by atoms with van der Waals surface area (Å²) in [4.78, 5) is 7.53. The van der Waals surface area contributed by atoms with Gasteiger partial charge in [0.1, 0.15) is 6.33 Å². The Bertz CT molecular complexity index is 478. The molecule has 0 saturated carbocycles. The summed E-state index contributed by atoms with van der Waals surface area (Å²) in [6.07, 6.45) is 2.81. The van der Waals surface area contributed by atoms with E-state index in [1.165, 1.54) is 6.33 Å². The normalized spacial score (nSPS) is 11.5. The first kappa shape index (κ1) is 13.8. The van der Waals surface area contributed by atoms with E-state index >= 15 is 0 Å². The molecule has 0 aliphatic rings. The molecular formula is C9H15FN4O2S. The van der Waals surface area contributed by atoms with E-state index in [1.807, 2.05) is 0 Å². The van der Waals surface area contributed by atoms with Crippen LogP contribution in [0.15, 0.2) is 6.33 Å². The molecular weight excluding hydrogens is 247 g/mol. The lowest BCUT2D eigenvalue weighted by Crippen LogP contribution is -2.28. The van der Waals surface area contributed by atoms with Gasteiger partial charge < -0.3 is 5.32 Å². The van der Waals surface area contributed by atoms with E-state index < -0.39 is 15.8 Å². The first-order valence-corrected chi connectivity index (χ1v) is 7.01. The number of sulfonamides is 1. The molecule has 6 nitrogen and oxygen atoms in total. The van der Waals surface area contributed by atoms with Crippen molar-refractivity contribution in [1.29, 1.82) is 0 Å². The van der Waals surface area contributed by atoms with Gasteiger partial charge in [0.05, 0.1) is 11.9 Å². The molecule has 17 heavy (non-hydrogen) atoms. The van der Waals surface area contributed by atoms with Crippen molar-refractivity contribution in [2.45, 2.75) is 13.3 Å². The fraction of sp³-hybridized carbons (Fsp3) is 0.556. The molecule has 1 heterocycles. The smallest absolute Gasteiger partial charge is 0.208 e. The molecule has 1 aromatic heterocycles. The number of nitrogens with one attached hydrogen (secondary N) is 2. The minimum Gasteiger partial charge on any atom is -0.366 e. The molecule has 0 amide bonds. The van der Waals surface area contributed by atoms with E-state index in [2.05, 4.69) is 20.0 Å². The highest BCUT2D eigenvalue weighted by atomic mass is 32.2. The SMILES string of the molecule is CCc1ncnc(NCCNS(C)(=O)=O)c1F. The van der Waals surface area contributed by atoms with Gasteiger partial charge >= 0.3 is 0 Å². The Kier molecular flexibility index (Phi) is 4.76. The number of rotatable bonds is 6. The van der Waals surface area contributed by atoms with E-state index in [4.69, 9.17) is 0 Å². The van der Waals surface area contributed by atoms with Gasteiger partial charge in [0.25, 0.3) is 0 Å². The van der Waals surface area contributed by atoms with Crippen molar-refractivity contribution >= 4 is 15.8 Å². The van der Waals surface area contributed by atoms with Crippen LogP contribution in [-0.2, 0) is 16.4 Å². The van der Waals surface area contributed by atoms with Gasteiger partial charge in [-0.25, -0.2) is 27.5 Å². The van der Waals surface area contributed by atoms with Crippen molar-refractivity contribution in [2.24, 2.45) is 0 Å². The molecule has 0 atom stereocenters. The average Bonchev–Trinajstić information content (AvgIpc) is 2.25. The van der Waals surface area contributed by atoms with Crippen molar-refractivity contribution in [1.82, 2.24) is 14.7 Å². The number of nitrogens with zero attached hydrogens (tertiary/aromatic N) is 2. The molecule has 0 fully saturated rings. The first-order valence-electron chi connectivity index (χ1n) is 5.12. The molecule has 8 heteroatoms. The minimum atomic E-state index is -3.22. The maximum absolute atomic E-state index is 13.6. The Hall–Kier alpha value is -1.28. The summed E-state index contributed by atoms with van der Waals surface area (Å²) in [6, 6.07) is 0. The van der Waals surface area contributed by atoms with Gasteiger partial charge in [-0.3, -0.25) is 0 Å². The third-order valence-corrected chi connectivity index (χ3v) is 2.71. The molecule has 0 unspecified atom stereocenters. The van der Waals surface area contributed by atoms with Crippen LogP contribution in [0.1, 0.15) is 12.6 Å². The van der Waals surface area contributed by atoms with Crippen LogP contribution < -0.4 is 10.0 Å². The van der Waals surface area contributed by atoms with Crippen LogP contribution in [-0.4, -0.2) is 37.7 Å². The number of aromatic nitrogens is 2. The lowest BCUT2D eigenvalue weighted by atomic mass is 10.3. The summed E-state index contributed by atoms with van der Waals surface area (Å²) < 4.78 is 37.4. The molecule has 2 N–H and O–H groups in total. The van der Waals surface area contributed by atoms with Crippen LogP contribution in [0.5, 0.6) is 0 Å². The average molecular weight is 262 g/mol. The van der Waals surface area contributed by atoms with Crippen LogP contribution in [0, 0.1) is 5.82 Å². The molecule has 0 spiro atoms. The number of anilines is 1. The lowest BCUT2D eigenvalue weighted by Gasteiger charge is -2.08. The molecule has 96 valence electrons. The van der Waals surface area contributed by atoms with Crippen molar-refractivity contribution in [3.05, 3.63) is 17.8 Å². The van der Waals surface area contributed by atoms with Gasteiger partial charge in [-0.2, -0.15) is 0 Å². The first-order chi connectivity index (χ1) is 7.94. The van der Waals surface area contributed by atoms with Crippen LogP contribution >= 0.6 is 0 Å². The van der Waals surface area contributed by atoms with Gasteiger partial charge in [0.2, 0.25) is 10.0 Å². The fourth-order valence-electron chi connectivity index (χ4n) is 1.19. The number of hydrogen-bond donors (Lipinski definition) is 2. The third kappa shape index (κ3) is 4.61. The Morgan fingerprint density at radius 1 is 1.35 bits per heavy atom. The van der Waals surface area contributed by atoms with Gasteiger partial charge in [-0.1, -0.05) is 6.92 Å². The van der Waals surface area contributed by atoms with Crippen molar-refractivity contribution in [3.8, 4) is 0 Å². The van der Waals surface area contributed by atoms with E-state index in [9.17, 15) is 12.8 Å². The second-order valence-corrected chi connectivity index (χ2v) is 5.26. The Labute approximate surface area is 99.7 Å². The zero-order valence-electron chi connectivity index (χ0n) is 9.70. The number of aryl methyl sites for hydroxylation is 1. The van der Waals surface area contributed by atoms with Crippen molar-refractivity contribution < 1.29 is 12.8 Å². The van der Waals surface area contributed by atoms with E-state index in [0.29, 0.717) is 12.1 Å². The highest BCUT2D eigenvalue weighted by Gasteiger charge is 2.08. The summed E-state index contributed by atoms with van der Waals surface area (Å²) in [5.41, 5.74) is 0.332. The third-order valence-electron chi connectivity index (χ3n) is 1.98. The van der Waals surface area contributed by atoms with Crippen LogP contribution in [0.3, 0.4) is 0 Å². The summed E-state index contributed by atoms with van der Waals surface area (Å²) in [5.74, 6) is -0.401. The predicted octanol–water partition coefficient (Wildman–Crippen LogP) is 0.139. The van der Waals surface area contributed by atoms with E-state index in [0.717, 1.165) is 6.26 Å². The maximum atomic E-state index is 13.6. The van der Waals surface area contributed by atoms with Crippen LogP contribution in [0.4, 0.5) is 10.2 Å². The fourth-order valence-corrected chi connectivity index (χ4v) is 1.67. The summed E-state index contributed by atoms with van der Waals surface area (Å²) in [7, 11) is -3.22. The maximum Gasteiger partial charge on any atom is 0.208 e. The Morgan fingerprint density at radius 3 is 2.65 bits per heavy atom. The molecule has 1 aromatic rings. The number of hydrogen-bond acceptors (Lipinski definition) is 5. The molecule has 0 bridgehead atoms. The Balaban J connectivity index is 2.52. The van der Waals surface area contributed by atoms with Gasteiger partial charge in [-0.05, 0) is 6.42 Å². The quantitative estimate of drug-likeness (QED) is 0.712. The summed E-state index contributed by atoms with van der Waals surface area (Å²) in [6.45, 7) is 2.22. The topological polar surface area (TPSA) is 84.0 Å². The largest absolute Gasteiger partial charge is 0.366 e. The minimum absolute atomic E-state index is 0.0900. The second kappa shape index (κ2) is 5.87. The van der Waals surface area contributed by atoms with Gasteiger partial charge in [0.15, 0.2) is 11.6 Å². The molecule has 1 rings (SSSR count). The highest BCUT2D eigenvalue weighted by molar-refractivity contribution is 7.88. The molecule has 0 aromatic carbocycles. The Morgan fingerprint density at radius 2 is 2.06 bits per heavy atom. The van der Waals surface area contributed by atoms with Gasteiger partial charge in [-0.15, -0.1) is 0 Å². The van der Waals surface area contributed by atoms with Crippen LogP contribution in [0.2, 0.25) is 0 Å². The predicted molar refractivity (Wildman–Crippen MR) is 62.7 cm³/mol. The lowest BCUT2D eigenvalue weighted by molar-refractivity contribution is 0.587. The zero-order valence-corrected chi connectivity index (χ0v) is 10.5. The molecule has 0 aliphatic carbocycles. The summed E-state index contributed by atoms with van der Waals surface area (Å²) >= 11 is 0. The standard InChI is InChI=1S/C9H15FN4O2S/c1-3-7-8(10)9(13-6-12-7)11-4-5-14-17(2,15)16/h6,14H,3-5H2,1-2H3,(H,11,12,13). The molecule has 0 aliphatic heterocycles.